The zero-order valence-corrected chi connectivity index (χ0v) is 12.8. The molecule has 5 heteroatoms. The van der Waals surface area contributed by atoms with Crippen molar-refractivity contribution in [1.82, 2.24) is 5.32 Å². The first-order chi connectivity index (χ1) is 10.6. The summed E-state index contributed by atoms with van der Waals surface area (Å²) in [4.78, 5) is 23.5. The third kappa shape index (κ3) is 4.83. The highest BCUT2D eigenvalue weighted by atomic mass is 19.1. The van der Waals surface area contributed by atoms with Gasteiger partial charge in [-0.1, -0.05) is 38.0 Å². The average molecular weight is 307 g/mol. The van der Waals surface area contributed by atoms with E-state index in [1.54, 1.807) is 12.1 Å². The maximum Gasteiger partial charge on any atom is 0.310 e. The van der Waals surface area contributed by atoms with E-state index in [-0.39, 0.29) is 30.5 Å². The number of carbonyl (C=O) groups excluding carboxylic acids is 2. The molecule has 2 atom stereocenters. The molecule has 0 heterocycles. The van der Waals surface area contributed by atoms with E-state index in [4.69, 9.17) is 4.74 Å². The molecule has 0 bridgehead atoms. The minimum Gasteiger partial charge on any atom is -0.455 e. The van der Waals surface area contributed by atoms with Crippen molar-refractivity contribution in [3.63, 3.8) is 0 Å². The number of rotatable bonds is 5. The molecule has 2 rings (SSSR count). The van der Waals surface area contributed by atoms with E-state index >= 15 is 0 Å². The molecule has 120 valence electrons. The number of halogens is 1. The third-order valence-corrected chi connectivity index (χ3v) is 4.11. The molecule has 1 N–H and O–H groups in total. The highest BCUT2D eigenvalue weighted by Crippen LogP contribution is 2.23. The topological polar surface area (TPSA) is 55.4 Å². The summed E-state index contributed by atoms with van der Waals surface area (Å²) < 4.78 is 18.3. The number of hydrogen-bond acceptors (Lipinski definition) is 3. The zero-order valence-electron chi connectivity index (χ0n) is 12.8. The van der Waals surface area contributed by atoms with Crippen LogP contribution in [0.25, 0.3) is 0 Å². The summed E-state index contributed by atoms with van der Waals surface area (Å²) in [6.45, 7) is 1.81. The Labute approximate surface area is 130 Å². The van der Waals surface area contributed by atoms with Crippen molar-refractivity contribution < 1.29 is 18.7 Å². The Balaban J connectivity index is 1.74. The maximum absolute atomic E-state index is 13.4. The molecule has 0 radical (unpaired) electrons. The van der Waals surface area contributed by atoms with E-state index in [0.29, 0.717) is 5.92 Å². The van der Waals surface area contributed by atoms with Crippen LogP contribution in [0.15, 0.2) is 24.3 Å². The highest BCUT2D eigenvalue weighted by molar-refractivity contribution is 5.81. The molecule has 0 unspecified atom stereocenters. The van der Waals surface area contributed by atoms with E-state index in [2.05, 4.69) is 12.2 Å². The Morgan fingerprint density at radius 2 is 2.00 bits per heavy atom. The van der Waals surface area contributed by atoms with Gasteiger partial charge in [-0.15, -0.1) is 0 Å². The standard InChI is InChI=1S/C17H22FNO3/c1-12-6-2-5-9-15(12)19-16(20)11-22-17(21)10-13-7-3-4-8-14(13)18/h3-4,7-8,12,15H,2,5-6,9-11H2,1H3,(H,19,20)/t12-,15-/m1/s1. The predicted octanol–water partition coefficient (Wildman–Crippen LogP) is 2.61. The predicted molar refractivity (Wildman–Crippen MR) is 80.6 cm³/mol. The summed E-state index contributed by atoms with van der Waals surface area (Å²) in [5.41, 5.74) is 0.272. The molecular weight excluding hydrogens is 285 g/mol. The average Bonchev–Trinajstić information content (AvgIpc) is 2.50. The number of esters is 1. The van der Waals surface area contributed by atoms with Gasteiger partial charge in [0, 0.05) is 6.04 Å². The first-order valence-electron chi connectivity index (χ1n) is 7.74. The van der Waals surface area contributed by atoms with Crippen LogP contribution in [0.3, 0.4) is 0 Å². The van der Waals surface area contributed by atoms with Crippen LogP contribution in [0, 0.1) is 11.7 Å². The Morgan fingerprint density at radius 3 is 2.73 bits per heavy atom. The number of benzene rings is 1. The van der Waals surface area contributed by atoms with Gasteiger partial charge >= 0.3 is 5.97 Å². The number of carbonyl (C=O) groups is 2. The van der Waals surface area contributed by atoms with Gasteiger partial charge in [0.15, 0.2) is 6.61 Å². The fourth-order valence-electron chi connectivity index (χ4n) is 2.77. The fourth-order valence-corrected chi connectivity index (χ4v) is 2.77. The highest BCUT2D eigenvalue weighted by Gasteiger charge is 2.23. The summed E-state index contributed by atoms with van der Waals surface area (Å²) in [6.07, 6.45) is 4.22. The normalized spacial score (nSPS) is 21.2. The lowest BCUT2D eigenvalue weighted by Crippen LogP contribution is -2.43. The van der Waals surface area contributed by atoms with Crippen molar-refractivity contribution in [1.29, 1.82) is 0 Å². The largest absolute Gasteiger partial charge is 0.455 e. The van der Waals surface area contributed by atoms with Crippen LogP contribution >= 0.6 is 0 Å². The van der Waals surface area contributed by atoms with Crippen LogP contribution in [0.1, 0.15) is 38.2 Å². The van der Waals surface area contributed by atoms with Crippen molar-refractivity contribution in [3.05, 3.63) is 35.6 Å². The first-order valence-corrected chi connectivity index (χ1v) is 7.74. The lowest BCUT2D eigenvalue weighted by Gasteiger charge is -2.29. The monoisotopic (exact) mass is 307 g/mol. The van der Waals surface area contributed by atoms with Gasteiger partial charge in [-0.05, 0) is 30.4 Å². The summed E-state index contributed by atoms with van der Waals surface area (Å²) in [7, 11) is 0. The Kier molecular flexibility index (Phi) is 5.92. The number of nitrogens with one attached hydrogen (secondary N) is 1. The van der Waals surface area contributed by atoms with E-state index in [1.165, 1.54) is 18.6 Å². The minimum atomic E-state index is -0.600. The molecule has 1 aromatic carbocycles. The molecule has 1 aliphatic rings. The Hall–Kier alpha value is -1.91. The van der Waals surface area contributed by atoms with Crippen molar-refractivity contribution in [2.24, 2.45) is 5.92 Å². The second-order valence-corrected chi connectivity index (χ2v) is 5.86. The first kappa shape index (κ1) is 16.5. The van der Waals surface area contributed by atoms with Crippen LogP contribution < -0.4 is 5.32 Å². The molecular formula is C17H22FNO3. The van der Waals surface area contributed by atoms with E-state index in [9.17, 15) is 14.0 Å². The lowest BCUT2D eigenvalue weighted by molar-refractivity contribution is -0.148. The molecule has 1 saturated carbocycles. The molecule has 1 aromatic rings. The van der Waals surface area contributed by atoms with Crippen LogP contribution in [0.2, 0.25) is 0 Å². The smallest absolute Gasteiger partial charge is 0.310 e. The molecule has 22 heavy (non-hydrogen) atoms. The molecule has 1 fully saturated rings. The SMILES string of the molecule is C[C@@H]1CCCC[C@H]1NC(=O)COC(=O)Cc1ccccc1F. The maximum atomic E-state index is 13.4. The van der Waals surface area contributed by atoms with Crippen LogP contribution in [0.5, 0.6) is 0 Å². The van der Waals surface area contributed by atoms with Gasteiger partial charge in [0.05, 0.1) is 6.42 Å². The molecule has 1 amide bonds. The Morgan fingerprint density at radius 1 is 1.27 bits per heavy atom. The van der Waals surface area contributed by atoms with Gasteiger partial charge in [0.2, 0.25) is 0 Å². The Bertz CT molecular complexity index is 532. The minimum absolute atomic E-state index is 0.159. The molecule has 0 aromatic heterocycles. The summed E-state index contributed by atoms with van der Waals surface area (Å²) in [6, 6.07) is 6.19. The molecule has 0 aliphatic heterocycles. The van der Waals surface area contributed by atoms with Gasteiger partial charge in [0.1, 0.15) is 5.82 Å². The van der Waals surface area contributed by atoms with Gasteiger partial charge in [-0.2, -0.15) is 0 Å². The lowest BCUT2D eigenvalue weighted by atomic mass is 9.86. The fraction of sp³-hybridized carbons (Fsp3) is 0.529. The molecule has 0 saturated heterocycles. The van der Waals surface area contributed by atoms with Crippen LogP contribution in [0.4, 0.5) is 4.39 Å². The van der Waals surface area contributed by atoms with Crippen molar-refractivity contribution in [2.75, 3.05) is 6.61 Å². The molecule has 1 aliphatic carbocycles. The van der Waals surface area contributed by atoms with E-state index in [1.807, 2.05) is 0 Å². The van der Waals surface area contributed by atoms with Crippen molar-refractivity contribution in [2.45, 2.75) is 45.1 Å². The summed E-state index contributed by atoms with van der Waals surface area (Å²) >= 11 is 0. The quantitative estimate of drug-likeness (QED) is 0.851. The van der Waals surface area contributed by atoms with E-state index < -0.39 is 11.8 Å². The van der Waals surface area contributed by atoms with Gasteiger partial charge in [0.25, 0.3) is 5.91 Å². The molecule has 4 nitrogen and oxygen atoms in total. The van der Waals surface area contributed by atoms with Crippen LogP contribution in [-0.2, 0) is 20.7 Å². The number of amides is 1. The summed E-state index contributed by atoms with van der Waals surface area (Å²) in [5.74, 6) is -0.885. The third-order valence-electron chi connectivity index (χ3n) is 4.11. The zero-order chi connectivity index (χ0) is 15.9. The van der Waals surface area contributed by atoms with Gasteiger partial charge in [-0.25, -0.2) is 4.39 Å². The van der Waals surface area contributed by atoms with Gasteiger partial charge < -0.3 is 10.1 Å². The van der Waals surface area contributed by atoms with Crippen molar-refractivity contribution >= 4 is 11.9 Å². The van der Waals surface area contributed by atoms with Gasteiger partial charge in [-0.3, -0.25) is 9.59 Å². The number of ether oxygens (including phenoxy) is 1. The van der Waals surface area contributed by atoms with E-state index in [0.717, 1.165) is 19.3 Å². The second-order valence-electron chi connectivity index (χ2n) is 5.86. The second kappa shape index (κ2) is 7.92. The molecule has 0 spiro atoms. The summed E-state index contributed by atoms with van der Waals surface area (Å²) in [5, 5.41) is 2.91. The van der Waals surface area contributed by atoms with Crippen molar-refractivity contribution in [3.8, 4) is 0 Å². The number of hydrogen-bond donors (Lipinski definition) is 1. The van der Waals surface area contributed by atoms with Crippen LogP contribution in [-0.4, -0.2) is 24.5 Å².